The smallest absolute Gasteiger partial charge is 0.122 e. The molecule has 1 fully saturated rings. The fourth-order valence-corrected chi connectivity index (χ4v) is 2.80. The maximum absolute atomic E-state index is 6.24. The molecule has 0 heterocycles. The van der Waals surface area contributed by atoms with E-state index in [-0.39, 0.29) is 0 Å². The predicted molar refractivity (Wildman–Crippen MR) is 80.9 cm³/mol. The van der Waals surface area contributed by atoms with Crippen LogP contribution in [0.15, 0.2) is 18.2 Å². The number of hydrogen-bond donors (Lipinski definition) is 1. The summed E-state index contributed by atoms with van der Waals surface area (Å²) < 4.78 is 6.24. The van der Waals surface area contributed by atoms with Crippen LogP contribution in [0.1, 0.15) is 50.2 Å². The summed E-state index contributed by atoms with van der Waals surface area (Å²) in [5.74, 6) is 1.07. The van der Waals surface area contributed by atoms with E-state index < -0.39 is 0 Å². The normalized spacial score (nSPS) is 23.3. The van der Waals surface area contributed by atoms with Gasteiger partial charge in [0.1, 0.15) is 11.9 Å². The average molecular weight is 261 g/mol. The molecule has 2 heteroatoms. The largest absolute Gasteiger partial charge is 0.490 e. The van der Waals surface area contributed by atoms with Gasteiger partial charge < -0.3 is 10.1 Å². The highest BCUT2D eigenvalue weighted by atomic mass is 16.5. The molecule has 0 aromatic heterocycles. The van der Waals surface area contributed by atoms with Crippen molar-refractivity contribution in [3.05, 3.63) is 29.3 Å². The minimum Gasteiger partial charge on any atom is -0.490 e. The van der Waals surface area contributed by atoms with E-state index in [4.69, 9.17) is 4.74 Å². The Labute approximate surface area is 117 Å². The number of ether oxygens (including phenoxy) is 1. The van der Waals surface area contributed by atoms with Gasteiger partial charge >= 0.3 is 0 Å². The lowest BCUT2D eigenvalue weighted by molar-refractivity contribution is 0.134. The summed E-state index contributed by atoms with van der Waals surface area (Å²) in [6, 6.07) is 7.11. The molecule has 0 bridgehead atoms. The molecule has 2 unspecified atom stereocenters. The van der Waals surface area contributed by atoms with Crippen molar-refractivity contribution in [3.63, 3.8) is 0 Å². The number of aryl methyl sites for hydroxylation is 2. The molecule has 1 aliphatic carbocycles. The molecule has 0 spiro atoms. The monoisotopic (exact) mass is 261 g/mol. The first-order valence-electron chi connectivity index (χ1n) is 7.66. The molecule has 1 aromatic rings. The topological polar surface area (TPSA) is 21.3 Å². The SMILES string of the molecule is CCCNC1CCCC(Oc2cc(C)ccc2C)C1. The third kappa shape index (κ3) is 4.24. The molecule has 0 amide bonds. The van der Waals surface area contributed by atoms with Gasteiger partial charge in [-0.3, -0.25) is 0 Å². The zero-order chi connectivity index (χ0) is 13.7. The van der Waals surface area contributed by atoms with Gasteiger partial charge in [0.05, 0.1) is 0 Å². The molecule has 0 radical (unpaired) electrons. The maximum atomic E-state index is 6.24. The van der Waals surface area contributed by atoms with E-state index in [1.54, 1.807) is 0 Å². The van der Waals surface area contributed by atoms with Crippen molar-refractivity contribution in [3.8, 4) is 5.75 Å². The fourth-order valence-electron chi connectivity index (χ4n) is 2.80. The molecule has 0 saturated heterocycles. The van der Waals surface area contributed by atoms with Crippen molar-refractivity contribution in [1.29, 1.82) is 0 Å². The fraction of sp³-hybridized carbons (Fsp3) is 0.647. The van der Waals surface area contributed by atoms with Crippen LogP contribution in [-0.2, 0) is 0 Å². The van der Waals surface area contributed by atoms with Crippen molar-refractivity contribution in [2.24, 2.45) is 0 Å². The van der Waals surface area contributed by atoms with Crippen molar-refractivity contribution in [2.75, 3.05) is 6.54 Å². The van der Waals surface area contributed by atoms with Gasteiger partial charge in [0.25, 0.3) is 0 Å². The van der Waals surface area contributed by atoms with E-state index in [1.807, 2.05) is 0 Å². The summed E-state index contributed by atoms with van der Waals surface area (Å²) in [6.07, 6.45) is 6.50. The molecule has 0 aliphatic heterocycles. The van der Waals surface area contributed by atoms with Gasteiger partial charge in [-0.25, -0.2) is 0 Å². The lowest BCUT2D eigenvalue weighted by atomic mass is 9.92. The second-order valence-electron chi connectivity index (χ2n) is 5.83. The zero-order valence-corrected chi connectivity index (χ0v) is 12.5. The Kier molecular flexibility index (Phi) is 5.26. The number of nitrogens with one attached hydrogen (secondary N) is 1. The zero-order valence-electron chi connectivity index (χ0n) is 12.5. The van der Waals surface area contributed by atoms with Crippen LogP contribution >= 0.6 is 0 Å². The molecule has 2 rings (SSSR count). The molecule has 1 aliphatic rings. The van der Waals surface area contributed by atoms with E-state index in [0.717, 1.165) is 18.7 Å². The number of rotatable bonds is 5. The van der Waals surface area contributed by atoms with Crippen molar-refractivity contribution in [1.82, 2.24) is 5.32 Å². The van der Waals surface area contributed by atoms with Crippen LogP contribution < -0.4 is 10.1 Å². The van der Waals surface area contributed by atoms with Gasteiger partial charge in [0.2, 0.25) is 0 Å². The Morgan fingerprint density at radius 1 is 1.26 bits per heavy atom. The molecular formula is C17H27NO. The quantitative estimate of drug-likeness (QED) is 0.865. The third-order valence-corrected chi connectivity index (χ3v) is 3.95. The van der Waals surface area contributed by atoms with Crippen molar-refractivity contribution in [2.45, 2.75) is 65.0 Å². The second kappa shape index (κ2) is 6.95. The van der Waals surface area contributed by atoms with E-state index in [1.165, 1.54) is 36.8 Å². The van der Waals surface area contributed by atoms with E-state index in [2.05, 4.69) is 44.3 Å². The van der Waals surface area contributed by atoms with Gasteiger partial charge in [0.15, 0.2) is 0 Å². The summed E-state index contributed by atoms with van der Waals surface area (Å²) >= 11 is 0. The predicted octanol–water partition coefficient (Wildman–Crippen LogP) is 3.99. The highest BCUT2D eigenvalue weighted by molar-refractivity contribution is 5.36. The van der Waals surface area contributed by atoms with Gasteiger partial charge in [-0.15, -0.1) is 0 Å². The summed E-state index contributed by atoms with van der Waals surface area (Å²) in [6.45, 7) is 7.60. The summed E-state index contributed by atoms with van der Waals surface area (Å²) in [5.41, 5.74) is 2.52. The minimum atomic E-state index is 0.378. The van der Waals surface area contributed by atoms with Crippen LogP contribution in [0.2, 0.25) is 0 Å². The molecule has 2 atom stereocenters. The highest BCUT2D eigenvalue weighted by Gasteiger charge is 2.23. The molecule has 1 saturated carbocycles. The average Bonchev–Trinajstić information content (AvgIpc) is 2.41. The molecule has 19 heavy (non-hydrogen) atoms. The molecule has 2 nitrogen and oxygen atoms in total. The minimum absolute atomic E-state index is 0.378. The third-order valence-electron chi connectivity index (χ3n) is 3.95. The Hall–Kier alpha value is -1.02. The van der Waals surface area contributed by atoms with Crippen molar-refractivity contribution < 1.29 is 4.74 Å². The highest BCUT2D eigenvalue weighted by Crippen LogP contribution is 2.26. The Bertz CT molecular complexity index is 402. The lowest BCUT2D eigenvalue weighted by Crippen LogP contribution is -2.38. The maximum Gasteiger partial charge on any atom is 0.122 e. The molecule has 1 aromatic carbocycles. The van der Waals surface area contributed by atoms with Gasteiger partial charge in [0, 0.05) is 6.04 Å². The van der Waals surface area contributed by atoms with Crippen LogP contribution in [0, 0.1) is 13.8 Å². The molecular weight excluding hydrogens is 234 g/mol. The Morgan fingerprint density at radius 3 is 2.89 bits per heavy atom. The Balaban J connectivity index is 1.93. The second-order valence-corrected chi connectivity index (χ2v) is 5.83. The summed E-state index contributed by atoms with van der Waals surface area (Å²) in [4.78, 5) is 0. The first kappa shape index (κ1) is 14.4. The lowest BCUT2D eigenvalue weighted by Gasteiger charge is -2.30. The van der Waals surface area contributed by atoms with Gasteiger partial charge in [-0.05, 0) is 69.7 Å². The first-order valence-corrected chi connectivity index (χ1v) is 7.66. The number of hydrogen-bond acceptors (Lipinski definition) is 2. The van der Waals surface area contributed by atoms with Crippen LogP contribution in [0.3, 0.4) is 0 Å². The Morgan fingerprint density at radius 2 is 2.11 bits per heavy atom. The standard InChI is InChI=1S/C17H27NO/c1-4-10-18-15-6-5-7-16(12-15)19-17-11-13(2)8-9-14(17)3/h8-9,11,15-16,18H,4-7,10,12H2,1-3H3. The van der Waals surface area contributed by atoms with E-state index in [9.17, 15) is 0 Å². The van der Waals surface area contributed by atoms with Gasteiger partial charge in [-0.1, -0.05) is 19.1 Å². The van der Waals surface area contributed by atoms with Gasteiger partial charge in [-0.2, -0.15) is 0 Å². The molecule has 1 N–H and O–H groups in total. The van der Waals surface area contributed by atoms with E-state index in [0.29, 0.717) is 12.1 Å². The number of benzene rings is 1. The van der Waals surface area contributed by atoms with Crippen LogP contribution in [0.4, 0.5) is 0 Å². The van der Waals surface area contributed by atoms with Crippen LogP contribution in [-0.4, -0.2) is 18.7 Å². The van der Waals surface area contributed by atoms with Crippen LogP contribution in [0.25, 0.3) is 0 Å². The summed E-state index contributed by atoms with van der Waals surface area (Å²) in [7, 11) is 0. The van der Waals surface area contributed by atoms with Crippen LogP contribution in [0.5, 0.6) is 5.75 Å². The summed E-state index contributed by atoms with van der Waals surface area (Å²) in [5, 5.41) is 3.63. The molecule has 106 valence electrons. The van der Waals surface area contributed by atoms with Crippen molar-refractivity contribution >= 4 is 0 Å². The first-order chi connectivity index (χ1) is 9.19. The van der Waals surface area contributed by atoms with E-state index >= 15 is 0 Å².